The van der Waals surface area contributed by atoms with Gasteiger partial charge in [-0.1, -0.05) is 66.2 Å². The highest BCUT2D eigenvalue weighted by Gasteiger charge is 2.09. The molecule has 92 valence electrons. The Kier molecular flexibility index (Phi) is 3.06. The van der Waals surface area contributed by atoms with E-state index < -0.39 is 0 Å². The molecule has 3 aromatic rings. The molecule has 0 amide bonds. The predicted octanol–water partition coefficient (Wildman–Crippen LogP) is 4.97. The highest BCUT2D eigenvalue weighted by Crippen LogP contribution is 2.34. The van der Waals surface area contributed by atoms with Crippen LogP contribution in [0.15, 0.2) is 60.7 Å². The minimum absolute atomic E-state index is 0.690. The fourth-order valence-electron chi connectivity index (χ4n) is 2.34. The maximum atomic E-state index is 11.2. The molecule has 0 atom stereocenters. The first-order chi connectivity index (χ1) is 9.31. The van der Waals surface area contributed by atoms with Crippen LogP contribution in [0.3, 0.4) is 0 Å². The smallest absolute Gasteiger partial charge is 0.150 e. The first-order valence-corrected chi connectivity index (χ1v) is 6.41. The molecule has 0 heterocycles. The van der Waals surface area contributed by atoms with Gasteiger partial charge in [-0.05, 0) is 22.6 Å². The normalized spacial score (nSPS) is 10.6. The van der Waals surface area contributed by atoms with Crippen molar-refractivity contribution >= 4 is 28.7 Å². The van der Waals surface area contributed by atoms with E-state index in [9.17, 15) is 4.79 Å². The van der Waals surface area contributed by atoms with Crippen molar-refractivity contribution in [3.63, 3.8) is 0 Å². The molecule has 1 nitrogen and oxygen atoms in total. The van der Waals surface area contributed by atoms with E-state index in [0.717, 1.165) is 33.2 Å². The van der Waals surface area contributed by atoms with Gasteiger partial charge in [-0.3, -0.25) is 4.79 Å². The molecule has 0 saturated carbocycles. The van der Waals surface area contributed by atoms with Crippen LogP contribution >= 0.6 is 11.6 Å². The fraction of sp³-hybridized carbons (Fsp3) is 0. The lowest BCUT2D eigenvalue weighted by Gasteiger charge is -2.10. The number of halogens is 1. The predicted molar refractivity (Wildman–Crippen MR) is 79.8 cm³/mol. The van der Waals surface area contributed by atoms with Crippen molar-refractivity contribution in [1.82, 2.24) is 0 Å². The van der Waals surface area contributed by atoms with Crippen LogP contribution in [0.2, 0.25) is 5.02 Å². The Morgan fingerprint density at radius 3 is 2.21 bits per heavy atom. The summed E-state index contributed by atoms with van der Waals surface area (Å²) < 4.78 is 0. The number of fused-ring (bicyclic) bond motifs is 1. The summed E-state index contributed by atoms with van der Waals surface area (Å²) in [6.07, 6.45) is 0.888. The van der Waals surface area contributed by atoms with Gasteiger partial charge in [0.05, 0.1) is 0 Å². The molecule has 19 heavy (non-hydrogen) atoms. The molecule has 0 fully saturated rings. The van der Waals surface area contributed by atoms with E-state index in [2.05, 4.69) is 0 Å². The molecule has 0 radical (unpaired) electrons. The zero-order valence-electron chi connectivity index (χ0n) is 10.1. The molecule has 3 aromatic carbocycles. The molecule has 0 aromatic heterocycles. The van der Waals surface area contributed by atoms with Crippen LogP contribution in [0.5, 0.6) is 0 Å². The third kappa shape index (κ3) is 2.02. The van der Waals surface area contributed by atoms with E-state index in [1.807, 2.05) is 60.7 Å². The summed E-state index contributed by atoms with van der Waals surface area (Å²) in [5, 5.41) is 2.79. The zero-order chi connectivity index (χ0) is 13.2. The Hall–Kier alpha value is -2.12. The van der Waals surface area contributed by atoms with E-state index in [-0.39, 0.29) is 0 Å². The molecule has 0 spiro atoms. The highest BCUT2D eigenvalue weighted by molar-refractivity contribution is 6.36. The van der Waals surface area contributed by atoms with E-state index in [1.165, 1.54) is 0 Å². The van der Waals surface area contributed by atoms with Gasteiger partial charge in [0.2, 0.25) is 0 Å². The van der Waals surface area contributed by atoms with Crippen molar-refractivity contribution in [3.8, 4) is 11.1 Å². The number of hydrogen-bond donors (Lipinski definition) is 0. The monoisotopic (exact) mass is 266 g/mol. The zero-order valence-corrected chi connectivity index (χ0v) is 10.9. The summed E-state index contributed by atoms with van der Waals surface area (Å²) in [5.74, 6) is 0. The van der Waals surface area contributed by atoms with Crippen LogP contribution in [0.25, 0.3) is 21.9 Å². The first kappa shape index (κ1) is 11.9. The number of carbonyl (C=O) groups excluding carboxylic acids is 1. The first-order valence-electron chi connectivity index (χ1n) is 6.03. The topological polar surface area (TPSA) is 17.1 Å². The van der Waals surface area contributed by atoms with Crippen LogP contribution in [-0.2, 0) is 0 Å². The molecule has 0 aliphatic rings. The largest absolute Gasteiger partial charge is 0.298 e. The van der Waals surface area contributed by atoms with Crippen molar-refractivity contribution in [2.75, 3.05) is 0 Å². The summed E-state index contributed by atoms with van der Waals surface area (Å²) in [4.78, 5) is 11.2. The molecule has 0 N–H and O–H groups in total. The van der Waals surface area contributed by atoms with Crippen molar-refractivity contribution in [3.05, 3.63) is 71.2 Å². The quantitative estimate of drug-likeness (QED) is 0.598. The summed E-state index contributed by atoms with van der Waals surface area (Å²) in [6.45, 7) is 0. The van der Waals surface area contributed by atoms with Gasteiger partial charge >= 0.3 is 0 Å². The van der Waals surface area contributed by atoms with Crippen molar-refractivity contribution in [2.24, 2.45) is 0 Å². The maximum absolute atomic E-state index is 11.2. The molecule has 0 unspecified atom stereocenters. The lowest BCUT2D eigenvalue weighted by Crippen LogP contribution is -1.88. The van der Waals surface area contributed by atoms with Crippen LogP contribution in [0.1, 0.15) is 10.4 Å². The maximum Gasteiger partial charge on any atom is 0.150 e. The number of carbonyl (C=O) groups is 1. The van der Waals surface area contributed by atoms with Crippen LogP contribution in [0.4, 0.5) is 0 Å². The second-order valence-electron chi connectivity index (χ2n) is 4.35. The van der Waals surface area contributed by atoms with Gasteiger partial charge in [0.15, 0.2) is 6.29 Å². The molecule has 0 bridgehead atoms. The minimum Gasteiger partial charge on any atom is -0.298 e. The number of aldehydes is 1. The molecule has 0 aliphatic heterocycles. The van der Waals surface area contributed by atoms with Crippen LogP contribution < -0.4 is 0 Å². The second kappa shape index (κ2) is 4.87. The Morgan fingerprint density at radius 2 is 1.42 bits per heavy atom. The Morgan fingerprint density at radius 1 is 0.737 bits per heavy atom. The summed E-state index contributed by atoms with van der Waals surface area (Å²) in [6, 6.07) is 19.4. The molecular formula is C17H11ClO. The Balaban J connectivity index is 2.38. The fourth-order valence-corrected chi connectivity index (χ4v) is 2.57. The summed E-state index contributed by atoms with van der Waals surface area (Å²) in [7, 11) is 0. The third-order valence-electron chi connectivity index (χ3n) is 3.25. The van der Waals surface area contributed by atoms with E-state index in [1.54, 1.807) is 0 Å². The summed E-state index contributed by atoms with van der Waals surface area (Å²) in [5.41, 5.74) is 2.66. The van der Waals surface area contributed by atoms with Crippen molar-refractivity contribution in [2.45, 2.75) is 0 Å². The SMILES string of the molecule is O=Cc1ccccc1-c1ccc(Cl)c2ccccc12. The minimum atomic E-state index is 0.690. The lowest BCUT2D eigenvalue weighted by atomic mass is 9.95. The van der Waals surface area contributed by atoms with E-state index in [4.69, 9.17) is 11.6 Å². The van der Waals surface area contributed by atoms with Gasteiger partial charge in [-0.2, -0.15) is 0 Å². The van der Waals surface area contributed by atoms with Gasteiger partial charge in [0.1, 0.15) is 0 Å². The average molecular weight is 267 g/mol. The van der Waals surface area contributed by atoms with Gasteiger partial charge in [-0.15, -0.1) is 0 Å². The van der Waals surface area contributed by atoms with E-state index >= 15 is 0 Å². The molecule has 3 rings (SSSR count). The number of hydrogen-bond acceptors (Lipinski definition) is 1. The molecule has 2 heteroatoms. The third-order valence-corrected chi connectivity index (χ3v) is 3.58. The lowest BCUT2D eigenvalue weighted by molar-refractivity contribution is 0.112. The number of benzene rings is 3. The van der Waals surface area contributed by atoms with Gasteiger partial charge in [-0.25, -0.2) is 0 Å². The van der Waals surface area contributed by atoms with Crippen LogP contribution in [-0.4, -0.2) is 6.29 Å². The summed E-state index contributed by atoms with van der Waals surface area (Å²) >= 11 is 6.22. The molecular weight excluding hydrogens is 256 g/mol. The van der Waals surface area contributed by atoms with Gasteiger partial charge < -0.3 is 0 Å². The van der Waals surface area contributed by atoms with Crippen LogP contribution in [0, 0.1) is 0 Å². The Bertz CT molecular complexity index is 762. The Labute approximate surface area is 116 Å². The van der Waals surface area contributed by atoms with Crippen molar-refractivity contribution < 1.29 is 4.79 Å². The average Bonchev–Trinajstić information content (AvgIpc) is 2.48. The second-order valence-corrected chi connectivity index (χ2v) is 4.75. The van der Waals surface area contributed by atoms with Gasteiger partial charge in [0, 0.05) is 16.0 Å². The number of rotatable bonds is 2. The highest BCUT2D eigenvalue weighted by atomic mass is 35.5. The standard InChI is InChI=1S/C17H11ClO/c18-17-10-9-15(14-7-3-4-8-16(14)17)13-6-2-1-5-12(13)11-19/h1-11H. The van der Waals surface area contributed by atoms with Gasteiger partial charge in [0.25, 0.3) is 0 Å². The molecule has 0 aliphatic carbocycles. The van der Waals surface area contributed by atoms with E-state index in [0.29, 0.717) is 5.56 Å². The molecule has 0 saturated heterocycles. The van der Waals surface area contributed by atoms with Crippen molar-refractivity contribution in [1.29, 1.82) is 0 Å².